The third-order valence-corrected chi connectivity index (χ3v) is 3.04. The van der Waals surface area contributed by atoms with Gasteiger partial charge < -0.3 is 10.5 Å². The van der Waals surface area contributed by atoms with E-state index in [4.69, 9.17) is 5.73 Å². The number of ether oxygens (including phenoxy) is 1. The van der Waals surface area contributed by atoms with Gasteiger partial charge in [0.1, 0.15) is 0 Å². The van der Waals surface area contributed by atoms with Crippen LogP contribution < -0.4 is 5.73 Å². The smallest absolute Gasteiger partial charge is 0.338 e. The van der Waals surface area contributed by atoms with Gasteiger partial charge in [-0.3, -0.25) is 4.79 Å². The molecule has 1 atom stereocenters. The Hall–Kier alpha value is -2.46. The Labute approximate surface area is 117 Å². The van der Waals surface area contributed by atoms with Crippen LogP contribution in [0.2, 0.25) is 0 Å². The van der Waals surface area contributed by atoms with E-state index in [0.717, 1.165) is 0 Å². The van der Waals surface area contributed by atoms with Gasteiger partial charge in [-0.25, -0.2) is 4.79 Å². The van der Waals surface area contributed by atoms with E-state index in [1.165, 1.54) is 7.11 Å². The minimum absolute atomic E-state index is 0.228. The van der Waals surface area contributed by atoms with E-state index in [2.05, 4.69) is 4.74 Å². The number of methoxy groups -OCH3 is 1. The van der Waals surface area contributed by atoms with Crippen molar-refractivity contribution in [3.63, 3.8) is 0 Å². The summed E-state index contributed by atoms with van der Waals surface area (Å²) < 4.78 is 4.68. The van der Waals surface area contributed by atoms with Crippen molar-refractivity contribution in [1.82, 2.24) is 0 Å². The maximum absolute atomic E-state index is 12.5. The highest BCUT2D eigenvalue weighted by Gasteiger charge is 2.22. The summed E-state index contributed by atoms with van der Waals surface area (Å²) in [6.07, 6.45) is 0. The fourth-order valence-corrected chi connectivity index (χ4v) is 1.97. The van der Waals surface area contributed by atoms with Crippen LogP contribution in [0.1, 0.15) is 32.3 Å². The highest BCUT2D eigenvalue weighted by Crippen LogP contribution is 2.19. The molecule has 0 unspecified atom stereocenters. The number of esters is 1. The minimum Gasteiger partial charge on any atom is -0.465 e. The first-order valence-corrected chi connectivity index (χ1v) is 6.17. The number of hydrogen-bond donors (Lipinski definition) is 1. The molecule has 2 rings (SSSR count). The predicted octanol–water partition coefficient (Wildman–Crippen LogP) is 2.36. The second-order valence-corrected chi connectivity index (χ2v) is 4.29. The standard InChI is InChI=1S/C16H15NO3/c1-20-16(19)13-10-6-5-9-12(13)15(18)14(17)11-7-3-2-4-8-11/h2-10,14H,17H2,1H3/t14-/m0/s1. The van der Waals surface area contributed by atoms with Gasteiger partial charge in [0.2, 0.25) is 0 Å². The SMILES string of the molecule is COC(=O)c1ccccc1C(=O)[C@@H](N)c1ccccc1. The molecule has 102 valence electrons. The Bertz CT molecular complexity index is 623. The zero-order valence-electron chi connectivity index (χ0n) is 11.1. The maximum Gasteiger partial charge on any atom is 0.338 e. The summed E-state index contributed by atoms with van der Waals surface area (Å²) in [5.74, 6) is -0.855. The van der Waals surface area contributed by atoms with Gasteiger partial charge in [0.15, 0.2) is 5.78 Å². The highest BCUT2D eigenvalue weighted by molar-refractivity contribution is 6.08. The second kappa shape index (κ2) is 6.12. The quantitative estimate of drug-likeness (QED) is 0.683. The molecule has 0 heterocycles. The Kier molecular flexibility index (Phi) is 4.27. The Morgan fingerprint density at radius 3 is 2.10 bits per heavy atom. The Morgan fingerprint density at radius 1 is 0.950 bits per heavy atom. The molecule has 0 aliphatic rings. The molecule has 0 saturated heterocycles. The zero-order chi connectivity index (χ0) is 14.5. The van der Waals surface area contributed by atoms with Gasteiger partial charge in [0.25, 0.3) is 0 Å². The largest absolute Gasteiger partial charge is 0.465 e. The number of hydrogen-bond acceptors (Lipinski definition) is 4. The van der Waals surface area contributed by atoms with E-state index in [1.54, 1.807) is 36.4 Å². The van der Waals surface area contributed by atoms with Gasteiger partial charge >= 0.3 is 5.97 Å². The summed E-state index contributed by atoms with van der Waals surface area (Å²) >= 11 is 0. The van der Waals surface area contributed by atoms with Crippen LogP contribution in [-0.2, 0) is 4.74 Å². The fourth-order valence-electron chi connectivity index (χ4n) is 1.97. The summed E-state index contributed by atoms with van der Waals surface area (Å²) in [4.78, 5) is 24.1. The lowest BCUT2D eigenvalue weighted by atomic mass is 9.95. The lowest BCUT2D eigenvalue weighted by Crippen LogP contribution is -2.23. The molecule has 0 radical (unpaired) electrons. The lowest BCUT2D eigenvalue weighted by Gasteiger charge is -2.13. The van der Waals surface area contributed by atoms with Crippen LogP contribution in [0.5, 0.6) is 0 Å². The molecule has 20 heavy (non-hydrogen) atoms. The van der Waals surface area contributed by atoms with Crippen molar-refractivity contribution in [3.8, 4) is 0 Å². The molecule has 2 aromatic carbocycles. The normalized spacial score (nSPS) is 11.7. The number of Topliss-reactive ketones (excluding diaryl/α,β-unsaturated/α-hetero) is 1. The molecule has 0 fully saturated rings. The molecule has 0 aliphatic heterocycles. The van der Waals surface area contributed by atoms with Crippen molar-refractivity contribution in [1.29, 1.82) is 0 Å². The number of benzene rings is 2. The van der Waals surface area contributed by atoms with Crippen LogP contribution in [0.25, 0.3) is 0 Å². The first kappa shape index (κ1) is 14.0. The molecule has 4 heteroatoms. The molecule has 0 aliphatic carbocycles. The van der Waals surface area contributed by atoms with Crippen molar-refractivity contribution < 1.29 is 14.3 Å². The highest BCUT2D eigenvalue weighted by atomic mass is 16.5. The topological polar surface area (TPSA) is 69.4 Å². The van der Waals surface area contributed by atoms with Gasteiger partial charge in [-0.2, -0.15) is 0 Å². The van der Waals surface area contributed by atoms with Gasteiger partial charge in [0.05, 0.1) is 18.7 Å². The van der Waals surface area contributed by atoms with Gasteiger partial charge in [-0.15, -0.1) is 0 Å². The third-order valence-electron chi connectivity index (χ3n) is 3.04. The molecule has 0 aromatic heterocycles. The summed E-state index contributed by atoms with van der Waals surface area (Å²) in [6.45, 7) is 0. The summed E-state index contributed by atoms with van der Waals surface area (Å²) in [7, 11) is 1.28. The van der Waals surface area contributed by atoms with Crippen molar-refractivity contribution in [2.75, 3.05) is 7.11 Å². The molecule has 0 bridgehead atoms. The van der Waals surface area contributed by atoms with Crippen molar-refractivity contribution in [3.05, 3.63) is 71.3 Å². The van der Waals surface area contributed by atoms with Crippen LogP contribution >= 0.6 is 0 Å². The zero-order valence-corrected chi connectivity index (χ0v) is 11.1. The first-order valence-electron chi connectivity index (χ1n) is 6.17. The summed E-state index contributed by atoms with van der Waals surface area (Å²) in [6, 6.07) is 14.7. The molecular weight excluding hydrogens is 254 g/mol. The van der Waals surface area contributed by atoms with Crippen LogP contribution in [-0.4, -0.2) is 18.9 Å². The van der Waals surface area contributed by atoms with Crippen molar-refractivity contribution >= 4 is 11.8 Å². The van der Waals surface area contributed by atoms with Crippen molar-refractivity contribution in [2.45, 2.75) is 6.04 Å². The van der Waals surface area contributed by atoms with E-state index >= 15 is 0 Å². The van der Waals surface area contributed by atoms with Gasteiger partial charge in [0, 0.05) is 5.56 Å². The fraction of sp³-hybridized carbons (Fsp3) is 0.125. The van der Waals surface area contributed by atoms with Gasteiger partial charge in [-0.1, -0.05) is 48.5 Å². The van der Waals surface area contributed by atoms with E-state index in [1.807, 2.05) is 18.2 Å². The average Bonchev–Trinajstić information content (AvgIpc) is 2.53. The third kappa shape index (κ3) is 2.75. The van der Waals surface area contributed by atoms with E-state index < -0.39 is 12.0 Å². The molecule has 2 N–H and O–H groups in total. The van der Waals surface area contributed by atoms with E-state index in [0.29, 0.717) is 5.56 Å². The summed E-state index contributed by atoms with van der Waals surface area (Å²) in [5.41, 5.74) is 7.19. The van der Waals surface area contributed by atoms with E-state index in [-0.39, 0.29) is 16.9 Å². The van der Waals surface area contributed by atoms with Crippen LogP contribution in [0.4, 0.5) is 0 Å². The molecule has 0 spiro atoms. The Balaban J connectivity index is 2.37. The molecule has 2 aromatic rings. The first-order chi connectivity index (χ1) is 9.65. The number of carbonyl (C=O) groups is 2. The van der Waals surface area contributed by atoms with Crippen LogP contribution in [0.15, 0.2) is 54.6 Å². The number of nitrogens with two attached hydrogens (primary N) is 1. The monoisotopic (exact) mass is 269 g/mol. The second-order valence-electron chi connectivity index (χ2n) is 4.29. The van der Waals surface area contributed by atoms with Crippen molar-refractivity contribution in [2.24, 2.45) is 5.73 Å². The van der Waals surface area contributed by atoms with Gasteiger partial charge in [-0.05, 0) is 11.6 Å². The molecule has 0 saturated carbocycles. The molecule has 0 amide bonds. The number of carbonyl (C=O) groups excluding carboxylic acids is 2. The lowest BCUT2D eigenvalue weighted by molar-refractivity contribution is 0.0596. The number of ketones is 1. The minimum atomic E-state index is -0.804. The predicted molar refractivity (Wildman–Crippen MR) is 75.5 cm³/mol. The Morgan fingerprint density at radius 2 is 1.50 bits per heavy atom. The molecular formula is C16H15NO3. The summed E-state index contributed by atoms with van der Waals surface area (Å²) in [5, 5.41) is 0. The number of rotatable bonds is 4. The molecule has 4 nitrogen and oxygen atoms in total. The average molecular weight is 269 g/mol. The van der Waals surface area contributed by atoms with E-state index in [9.17, 15) is 9.59 Å². The maximum atomic E-state index is 12.5. The van der Waals surface area contributed by atoms with Crippen LogP contribution in [0, 0.1) is 0 Å². The van der Waals surface area contributed by atoms with Crippen LogP contribution in [0.3, 0.4) is 0 Å².